The van der Waals surface area contributed by atoms with Crippen LogP contribution in [-0.2, 0) is 9.53 Å². The molecule has 0 aliphatic carbocycles. The van der Waals surface area contributed by atoms with Gasteiger partial charge < -0.3 is 15.6 Å². The molecule has 2 aliphatic rings. The highest BCUT2D eigenvalue weighted by atomic mass is 16.5. The Morgan fingerprint density at radius 1 is 1.32 bits per heavy atom. The van der Waals surface area contributed by atoms with Gasteiger partial charge in [0.05, 0.1) is 6.04 Å². The van der Waals surface area contributed by atoms with Gasteiger partial charge in [-0.15, -0.1) is 0 Å². The van der Waals surface area contributed by atoms with Crippen LogP contribution in [0.5, 0.6) is 0 Å². The minimum absolute atomic E-state index is 0. The molecule has 1 atom stereocenters. The number of piperidine rings is 1. The molecule has 2 saturated heterocycles. The molecule has 144 valence electrons. The minimum Gasteiger partial charge on any atom is -0.512 e. The van der Waals surface area contributed by atoms with Gasteiger partial charge in [0.1, 0.15) is 11.6 Å². The first-order valence-corrected chi connectivity index (χ1v) is 9.38. The maximum absolute atomic E-state index is 12.6. The van der Waals surface area contributed by atoms with Crippen molar-refractivity contribution in [1.29, 1.82) is 0 Å². The number of carbonyl (C=O) groups excluding carboxylic acids is 1. The first-order chi connectivity index (χ1) is 11.8. The van der Waals surface area contributed by atoms with Crippen molar-refractivity contribution in [1.82, 2.24) is 4.90 Å². The van der Waals surface area contributed by atoms with Crippen LogP contribution in [0.15, 0.2) is 16.8 Å². The van der Waals surface area contributed by atoms with Crippen LogP contribution in [0.2, 0.25) is 0 Å². The van der Waals surface area contributed by atoms with Crippen molar-refractivity contribution in [3.63, 3.8) is 0 Å². The summed E-state index contributed by atoms with van der Waals surface area (Å²) in [6.07, 6.45) is 6.50. The van der Waals surface area contributed by atoms with Crippen molar-refractivity contribution < 1.29 is 16.1 Å². The van der Waals surface area contributed by atoms with Gasteiger partial charge >= 0.3 is 0 Å². The third kappa shape index (κ3) is 6.12. The van der Waals surface area contributed by atoms with E-state index in [4.69, 9.17) is 10.5 Å². The number of hydrogen-bond donors (Lipinski definition) is 2. The number of allylic oxidation sites excluding steroid dienone is 1. The molecule has 2 fully saturated rings. The Bertz CT molecular complexity index is 523. The number of hydrogen-bond acceptors (Lipinski definition) is 4. The molecular formula is C19H35N3O3. The van der Waals surface area contributed by atoms with Crippen LogP contribution in [0.25, 0.3) is 0 Å². The second-order valence-electron chi connectivity index (χ2n) is 8.22. The van der Waals surface area contributed by atoms with E-state index in [0.717, 1.165) is 58.4 Å². The molecule has 0 aromatic heterocycles. The predicted octanol–water partition coefficient (Wildman–Crippen LogP) is 2.89. The summed E-state index contributed by atoms with van der Waals surface area (Å²) in [4.78, 5) is 19.0. The first kappa shape index (κ1) is 19.9. The zero-order valence-electron chi connectivity index (χ0n) is 15.8. The molecule has 0 radical (unpaired) electrons. The van der Waals surface area contributed by atoms with E-state index >= 15 is 0 Å². The lowest BCUT2D eigenvalue weighted by atomic mass is 9.93. The fourth-order valence-electron chi connectivity index (χ4n) is 3.34. The number of aliphatic imine (C=N–C) groups is 1. The van der Waals surface area contributed by atoms with Crippen molar-refractivity contribution >= 4 is 11.7 Å². The van der Waals surface area contributed by atoms with Gasteiger partial charge in [0.25, 0.3) is 5.91 Å². The summed E-state index contributed by atoms with van der Waals surface area (Å²) in [5, 5.41) is 10.0. The third-order valence-electron chi connectivity index (χ3n) is 5.02. The number of rotatable bonds is 4. The first-order valence-electron chi connectivity index (χ1n) is 9.38. The van der Waals surface area contributed by atoms with E-state index in [1.54, 1.807) is 0 Å². The third-order valence-corrected chi connectivity index (χ3v) is 5.02. The van der Waals surface area contributed by atoms with E-state index in [1.807, 2.05) is 20.8 Å². The zero-order chi connectivity index (χ0) is 18.4. The molecule has 0 aromatic carbocycles. The molecule has 25 heavy (non-hydrogen) atoms. The predicted molar refractivity (Wildman–Crippen MR) is 102 cm³/mol. The van der Waals surface area contributed by atoms with Crippen LogP contribution in [0.4, 0.5) is 0 Å². The quantitative estimate of drug-likeness (QED) is 0.461. The Morgan fingerprint density at radius 2 is 2.00 bits per heavy atom. The molecule has 2 heterocycles. The molecule has 0 aromatic rings. The number of aliphatic hydroxyl groups excluding tert-OH is 1. The lowest BCUT2D eigenvalue weighted by Crippen LogP contribution is -2.47. The molecule has 3 N–H and O–H groups in total. The van der Waals surface area contributed by atoms with Crippen LogP contribution in [0.1, 0.15) is 54.3 Å². The van der Waals surface area contributed by atoms with Crippen LogP contribution < -0.4 is 5.73 Å². The Hall–Kier alpha value is -1.40. The molecule has 0 saturated carbocycles. The highest BCUT2D eigenvalue weighted by Gasteiger charge is 2.30. The van der Waals surface area contributed by atoms with Gasteiger partial charge in [0.2, 0.25) is 0 Å². The average Bonchev–Trinajstić information content (AvgIpc) is 2.55. The van der Waals surface area contributed by atoms with Gasteiger partial charge in [0, 0.05) is 32.7 Å². The molecule has 0 bridgehead atoms. The van der Waals surface area contributed by atoms with Gasteiger partial charge in [-0.05, 0) is 38.1 Å². The summed E-state index contributed by atoms with van der Waals surface area (Å²) in [7, 11) is 0. The smallest absolute Gasteiger partial charge is 0.264 e. The highest BCUT2D eigenvalue weighted by molar-refractivity contribution is 6.01. The summed E-state index contributed by atoms with van der Waals surface area (Å²) in [5.41, 5.74) is 5.45. The standard InChI is InChI=1S/C19H33N3O3.H2/c1-19(2,3)16(23)12-17(20)21-18(24)15-6-4-5-9-22(15)13-14-7-10-25-11-8-14;/h12,14-15,23H,4-11,13H2,1-3H3,(H2,20,21,24);1H/b16-12-;/t15-;/m0./s1. The number of amidine groups is 1. The van der Waals surface area contributed by atoms with Crippen LogP contribution in [0.3, 0.4) is 0 Å². The van der Waals surface area contributed by atoms with E-state index in [0.29, 0.717) is 5.92 Å². The van der Waals surface area contributed by atoms with Gasteiger partial charge in [-0.3, -0.25) is 9.69 Å². The van der Waals surface area contributed by atoms with Gasteiger partial charge in [-0.2, -0.15) is 4.99 Å². The van der Waals surface area contributed by atoms with Crippen molar-refractivity contribution in [2.45, 2.75) is 58.9 Å². The number of carbonyl (C=O) groups is 1. The number of likely N-dealkylation sites (tertiary alicyclic amines) is 1. The molecule has 0 unspecified atom stereocenters. The Morgan fingerprint density at radius 3 is 2.64 bits per heavy atom. The molecule has 6 nitrogen and oxygen atoms in total. The van der Waals surface area contributed by atoms with Gasteiger partial charge in [-0.25, -0.2) is 0 Å². The number of ether oxygens (including phenoxy) is 1. The lowest BCUT2D eigenvalue weighted by molar-refractivity contribution is -0.124. The van der Waals surface area contributed by atoms with E-state index in [-0.39, 0.29) is 25.0 Å². The molecule has 6 heteroatoms. The van der Waals surface area contributed by atoms with Crippen LogP contribution in [0, 0.1) is 11.3 Å². The molecule has 0 spiro atoms. The number of nitrogens with zero attached hydrogens (tertiary/aromatic N) is 2. The largest absolute Gasteiger partial charge is 0.512 e. The maximum Gasteiger partial charge on any atom is 0.264 e. The van der Waals surface area contributed by atoms with Crippen molar-refractivity contribution in [2.75, 3.05) is 26.3 Å². The number of amides is 1. The SMILES string of the molecule is CC(C)(C)/C(O)=C/C(N)=NC(=O)[C@@H]1CCCCN1CC1CCOCC1.[HH]. The van der Waals surface area contributed by atoms with Crippen LogP contribution in [-0.4, -0.2) is 54.1 Å². The molecule has 1 amide bonds. The molecule has 2 rings (SSSR count). The summed E-state index contributed by atoms with van der Waals surface area (Å²) >= 11 is 0. The monoisotopic (exact) mass is 353 g/mol. The van der Waals surface area contributed by atoms with E-state index in [1.165, 1.54) is 6.08 Å². The topological polar surface area (TPSA) is 88.2 Å². The normalized spacial score (nSPS) is 25.2. The summed E-state index contributed by atoms with van der Waals surface area (Å²) in [6.45, 7) is 9.14. The summed E-state index contributed by atoms with van der Waals surface area (Å²) in [6, 6.07) is -0.194. The maximum atomic E-state index is 12.6. The second-order valence-corrected chi connectivity index (χ2v) is 8.22. The second kappa shape index (κ2) is 8.81. The molecular weight excluding hydrogens is 318 g/mol. The minimum atomic E-state index is -0.414. The Balaban J connectivity index is 0.00000338. The average molecular weight is 354 g/mol. The van der Waals surface area contributed by atoms with Crippen molar-refractivity contribution in [3.8, 4) is 0 Å². The van der Waals surface area contributed by atoms with Gasteiger partial charge in [-0.1, -0.05) is 27.2 Å². The van der Waals surface area contributed by atoms with E-state index < -0.39 is 5.41 Å². The lowest BCUT2D eigenvalue weighted by Gasteiger charge is -2.37. The number of nitrogens with two attached hydrogens (primary N) is 1. The zero-order valence-corrected chi connectivity index (χ0v) is 15.8. The summed E-state index contributed by atoms with van der Waals surface area (Å²) < 4.78 is 5.43. The Kier molecular flexibility index (Phi) is 7.02. The fourth-order valence-corrected chi connectivity index (χ4v) is 3.34. The Labute approximate surface area is 152 Å². The highest BCUT2D eigenvalue weighted by Crippen LogP contribution is 2.24. The van der Waals surface area contributed by atoms with Crippen LogP contribution >= 0.6 is 0 Å². The van der Waals surface area contributed by atoms with Gasteiger partial charge in [0.15, 0.2) is 0 Å². The van der Waals surface area contributed by atoms with Crippen molar-refractivity contribution in [2.24, 2.45) is 22.1 Å². The fraction of sp³-hybridized carbons (Fsp3) is 0.789. The molecule has 2 aliphatic heterocycles. The summed E-state index contributed by atoms with van der Waals surface area (Å²) in [5.74, 6) is 0.605. The van der Waals surface area contributed by atoms with Crippen molar-refractivity contribution in [3.05, 3.63) is 11.8 Å². The van der Waals surface area contributed by atoms with E-state index in [2.05, 4.69) is 9.89 Å². The number of aliphatic hydroxyl groups is 1. The van der Waals surface area contributed by atoms with E-state index in [9.17, 15) is 9.90 Å².